The minimum absolute atomic E-state index is 0.618. The zero-order chi connectivity index (χ0) is 9.97. The van der Waals surface area contributed by atoms with Gasteiger partial charge in [0, 0.05) is 13.1 Å². The fourth-order valence-corrected chi connectivity index (χ4v) is 1.66. The first-order valence-corrected chi connectivity index (χ1v) is 4.89. The molecule has 78 valence electrons. The molecule has 0 spiro atoms. The molecule has 2 rings (SSSR count). The molecular weight excluding hydrogens is 185 g/mol. The summed E-state index contributed by atoms with van der Waals surface area (Å²) in [6.45, 7) is 4.00. The van der Waals surface area contributed by atoms with Crippen LogP contribution in [-0.2, 0) is 6.54 Å². The Balaban J connectivity index is 1.86. The number of aromatic nitrogens is 2. The second-order valence-corrected chi connectivity index (χ2v) is 3.69. The molecule has 0 bridgehead atoms. The van der Waals surface area contributed by atoms with Crippen LogP contribution in [0.25, 0.3) is 0 Å². The first kappa shape index (κ1) is 9.58. The van der Waals surface area contributed by atoms with Crippen LogP contribution in [0.15, 0.2) is 4.52 Å². The summed E-state index contributed by atoms with van der Waals surface area (Å²) in [5.41, 5.74) is 0. The van der Waals surface area contributed by atoms with E-state index in [4.69, 9.17) is 4.52 Å². The van der Waals surface area contributed by atoms with Crippen LogP contribution in [0, 0.1) is 6.92 Å². The maximum Gasteiger partial charge on any atom is 0.240 e. The second-order valence-electron chi connectivity index (χ2n) is 3.69. The SMILES string of the molecule is Cc1noc(CN2CCC(F)CC2)n1. The van der Waals surface area contributed by atoms with Crippen molar-refractivity contribution in [2.45, 2.75) is 32.5 Å². The molecule has 1 fully saturated rings. The molecular formula is C9H14FN3O. The van der Waals surface area contributed by atoms with Crippen molar-refractivity contribution in [3.05, 3.63) is 11.7 Å². The van der Waals surface area contributed by atoms with Crippen molar-refractivity contribution in [2.24, 2.45) is 0 Å². The molecule has 1 aliphatic heterocycles. The van der Waals surface area contributed by atoms with Crippen LogP contribution in [0.3, 0.4) is 0 Å². The number of alkyl halides is 1. The number of halogens is 1. The summed E-state index contributed by atoms with van der Waals surface area (Å²) >= 11 is 0. The highest BCUT2D eigenvalue weighted by Gasteiger charge is 2.19. The number of hydrogen-bond acceptors (Lipinski definition) is 4. The molecule has 2 heterocycles. The van der Waals surface area contributed by atoms with E-state index in [-0.39, 0.29) is 0 Å². The Kier molecular flexibility index (Phi) is 2.77. The van der Waals surface area contributed by atoms with Crippen LogP contribution in [0.5, 0.6) is 0 Å². The summed E-state index contributed by atoms with van der Waals surface area (Å²) in [7, 11) is 0. The van der Waals surface area contributed by atoms with Crippen LogP contribution in [-0.4, -0.2) is 34.3 Å². The van der Waals surface area contributed by atoms with Crippen molar-refractivity contribution in [2.75, 3.05) is 13.1 Å². The molecule has 0 aromatic carbocycles. The Labute approximate surface area is 82.1 Å². The summed E-state index contributed by atoms with van der Waals surface area (Å²) in [5, 5.41) is 3.71. The lowest BCUT2D eigenvalue weighted by molar-refractivity contribution is 0.133. The molecule has 1 aliphatic rings. The predicted octanol–water partition coefficient (Wildman–Crippen LogP) is 1.31. The molecule has 1 saturated heterocycles. The van der Waals surface area contributed by atoms with Gasteiger partial charge < -0.3 is 4.52 Å². The van der Waals surface area contributed by atoms with Gasteiger partial charge in [-0.3, -0.25) is 4.90 Å². The molecule has 1 aromatic rings. The van der Waals surface area contributed by atoms with Gasteiger partial charge in [0.25, 0.3) is 0 Å². The molecule has 0 atom stereocenters. The van der Waals surface area contributed by atoms with Crippen LogP contribution in [0.2, 0.25) is 0 Å². The summed E-state index contributed by atoms with van der Waals surface area (Å²) in [5.74, 6) is 1.28. The predicted molar refractivity (Wildman–Crippen MR) is 48.4 cm³/mol. The largest absolute Gasteiger partial charge is 0.338 e. The molecule has 0 N–H and O–H groups in total. The fourth-order valence-electron chi connectivity index (χ4n) is 1.66. The van der Waals surface area contributed by atoms with Gasteiger partial charge in [0.05, 0.1) is 6.54 Å². The smallest absolute Gasteiger partial charge is 0.240 e. The highest BCUT2D eigenvalue weighted by atomic mass is 19.1. The molecule has 0 unspecified atom stereocenters. The normalized spacial score (nSPS) is 20.1. The van der Waals surface area contributed by atoms with Gasteiger partial charge in [-0.2, -0.15) is 4.98 Å². The first-order valence-electron chi connectivity index (χ1n) is 4.89. The third kappa shape index (κ3) is 2.29. The Morgan fingerprint density at radius 3 is 2.79 bits per heavy atom. The van der Waals surface area contributed by atoms with E-state index in [1.165, 1.54) is 0 Å². The van der Waals surface area contributed by atoms with Crippen molar-refractivity contribution in [3.63, 3.8) is 0 Å². The van der Waals surface area contributed by atoms with Crippen LogP contribution in [0.4, 0.5) is 4.39 Å². The number of nitrogens with zero attached hydrogens (tertiary/aromatic N) is 3. The average Bonchev–Trinajstić information content (AvgIpc) is 2.56. The minimum Gasteiger partial charge on any atom is -0.338 e. The van der Waals surface area contributed by atoms with Gasteiger partial charge in [0.15, 0.2) is 5.82 Å². The Bertz CT molecular complexity index is 294. The lowest BCUT2D eigenvalue weighted by Crippen LogP contribution is -2.33. The topological polar surface area (TPSA) is 42.2 Å². The third-order valence-electron chi connectivity index (χ3n) is 2.45. The summed E-state index contributed by atoms with van der Waals surface area (Å²) < 4.78 is 17.8. The first-order chi connectivity index (χ1) is 6.74. The van der Waals surface area contributed by atoms with Gasteiger partial charge in [0.1, 0.15) is 6.17 Å². The van der Waals surface area contributed by atoms with Gasteiger partial charge in [-0.1, -0.05) is 5.16 Å². The van der Waals surface area contributed by atoms with E-state index < -0.39 is 6.17 Å². The summed E-state index contributed by atoms with van der Waals surface area (Å²) in [6, 6.07) is 0. The van der Waals surface area contributed by atoms with E-state index in [2.05, 4.69) is 15.0 Å². The van der Waals surface area contributed by atoms with Crippen molar-refractivity contribution in [1.82, 2.24) is 15.0 Å². The van der Waals surface area contributed by atoms with E-state index in [0.717, 1.165) is 13.1 Å². The Morgan fingerprint density at radius 2 is 2.21 bits per heavy atom. The molecule has 4 nitrogen and oxygen atoms in total. The van der Waals surface area contributed by atoms with Gasteiger partial charge in [-0.05, 0) is 19.8 Å². The number of likely N-dealkylation sites (tertiary alicyclic amines) is 1. The van der Waals surface area contributed by atoms with Gasteiger partial charge in [-0.25, -0.2) is 4.39 Å². The van der Waals surface area contributed by atoms with Crippen molar-refractivity contribution in [3.8, 4) is 0 Å². The Morgan fingerprint density at radius 1 is 1.50 bits per heavy atom. The van der Waals surface area contributed by atoms with Crippen molar-refractivity contribution < 1.29 is 8.91 Å². The maximum atomic E-state index is 12.8. The van der Waals surface area contributed by atoms with Crippen LogP contribution >= 0.6 is 0 Å². The lowest BCUT2D eigenvalue weighted by Gasteiger charge is -2.26. The highest BCUT2D eigenvalue weighted by molar-refractivity contribution is 4.84. The van der Waals surface area contributed by atoms with Gasteiger partial charge in [0.2, 0.25) is 5.89 Å². The molecule has 0 saturated carbocycles. The second kappa shape index (κ2) is 4.04. The quantitative estimate of drug-likeness (QED) is 0.720. The zero-order valence-corrected chi connectivity index (χ0v) is 8.24. The number of rotatable bonds is 2. The van der Waals surface area contributed by atoms with E-state index in [0.29, 0.717) is 31.1 Å². The van der Waals surface area contributed by atoms with E-state index in [9.17, 15) is 4.39 Å². The minimum atomic E-state index is -0.629. The molecule has 1 aromatic heterocycles. The van der Waals surface area contributed by atoms with Crippen molar-refractivity contribution in [1.29, 1.82) is 0 Å². The van der Waals surface area contributed by atoms with Crippen molar-refractivity contribution >= 4 is 0 Å². The van der Waals surface area contributed by atoms with Gasteiger partial charge in [-0.15, -0.1) is 0 Å². The third-order valence-corrected chi connectivity index (χ3v) is 2.45. The number of aryl methyl sites for hydroxylation is 1. The monoisotopic (exact) mass is 199 g/mol. The molecule has 14 heavy (non-hydrogen) atoms. The number of piperidine rings is 1. The molecule has 5 heteroatoms. The van der Waals surface area contributed by atoms with E-state index in [1.54, 1.807) is 6.92 Å². The van der Waals surface area contributed by atoms with Crippen LogP contribution < -0.4 is 0 Å². The van der Waals surface area contributed by atoms with Crippen LogP contribution in [0.1, 0.15) is 24.6 Å². The molecule has 0 aliphatic carbocycles. The highest BCUT2D eigenvalue weighted by Crippen LogP contribution is 2.15. The zero-order valence-electron chi connectivity index (χ0n) is 8.24. The van der Waals surface area contributed by atoms with E-state index >= 15 is 0 Å². The fraction of sp³-hybridized carbons (Fsp3) is 0.778. The maximum absolute atomic E-state index is 12.8. The summed E-state index contributed by atoms with van der Waals surface area (Å²) in [4.78, 5) is 6.25. The van der Waals surface area contributed by atoms with E-state index in [1.807, 2.05) is 0 Å². The molecule has 0 radical (unpaired) electrons. The standard InChI is InChI=1S/C9H14FN3O/c1-7-11-9(14-12-7)6-13-4-2-8(10)3-5-13/h8H,2-6H2,1H3. The average molecular weight is 199 g/mol. The van der Waals surface area contributed by atoms with Gasteiger partial charge >= 0.3 is 0 Å². The summed E-state index contributed by atoms with van der Waals surface area (Å²) in [6.07, 6.45) is 0.607. The molecule has 0 amide bonds. The number of hydrogen-bond donors (Lipinski definition) is 0. The Hall–Kier alpha value is -0.970. The lowest BCUT2D eigenvalue weighted by atomic mass is 10.1.